The first-order chi connectivity index (χ1) is 9.75. The SMILES string of the molecule is O=C(Nc1cccc2c1CNCC2)c1c[nH]ccc1=O. The van der Waals surface area contributed by atoms with Crippen LogP contribution in [0, 0.1) is 0 Å². The average molecular weight is 269 g/mol. The summed E-state index contributed by atoms with van der Waals surface area (Å²) in [4.78, 5) is 26.6. The Hall–Kier alpha value is -2.40. The molecule has 5 nitrogen and oxygen atoms in total. The summed E-state index contributed by atoms with van der Waals surface area (Å²) in [6.45, 7) is 1.68. The summed E-state index contributed by atoms with van der Waals surface area (Å²) in [6.07, 6.45) is 3.88. The molecule has 0 spiro atoms. The Morgan fingerprint density at radius 3 is 3.00 bits per heavy atom. The quantitative estimate of drug-likeness (QED) is 0.768. The second-order valence-corrected chi connectivity index (χ2v) is 4.75. The standard InChI is InChI=1S/C15H15N3O2/c19-14-5-7-17-9-12(14)15(20)18-13-3-1-2-10-4-6-16-8-11(10)13/h1-3,5,7,9,16H,4,6,8H2,(H,17,19)(H,18,20). The topological polar surface area (TPSA) is 74.0 Å². The molecule has 1 amide bonds. The maximum atomic E-state index is 12.2. The summed E-state index contributed by atoms with van der Waals surface area (Å²) >= 11 is 0. The highest BCUT2D eigenvalue weighted by Crippen LogP contribution is 2.23. The van der Waals surface area contributed by atoms with Crippen LogP contribution in [0.2, 0.25) is 0 Å². The van der Waals surface area contributed by atoms with E-state index in [2.05, 4.69) is 21.7 Å². The molecule has 2 aromatic rings. The molecule has 20 heavy (non-hydrogen) atoms. The van der Waals surface area contributed by atoms with Gasteiger partial charge in [-0.25, -0.2) is 0 Å². The molecule has 0 saturated carbocycles. The normalized spacial score (nSPS) is 13.6. The molecular formula is C15H15N3O2. The van der Waals surface area contributed by atoms with Gasteiger partial charge >= 0.3 is 0 Å². The molecular weight excluding hydrogens is 254 g/mol. The third-order valence-electron chi connectivity index (χ3n) is 3.46. The van der Waals surface area contributed by atoms with Gasteiger partial charge in [-0.2, -0.15) is 0 Å². The Morgan fingerprint density at radius 2 is 2.15 bits per heavy atom. The predicted molar refractivity (Wildman–Crippen MR) is 76.9 cm³/mol. The fourth-order valence-corrected chi connectivity index (χ4v) is 2.41. The summed E-state index contributed by atoms with van der Waals surface area (Å²) < 4.78 is 0. The maximum Gasteiger partial charge on any atom is 0.261 e. The molecule has 0 unspecified atom stereocenters. The van der Waals surface area contributed by atoms with E-state index in [9.17, 15) is 9.59 Å². The van der Waals surface area contributed by atoms with Crippen molar-refractivity contribution in [2.75, 3.05) is 11.9 Å². The van der Waals surface area contributed by atoms with E-state index in [1.807, 2.05) is 12.1 Å². The van der Waals surface area contributed by atoms with Crippen LogP contribution in [0.5, 0.6) is 0 Å². The van der Waals surface area contributed by atoms with Crippen LogP contribution in [-0.2, 0) is 13.0 Å². The highest BCUT2D eigenvalue weighted by molar-refractivity contribution is 6.04. The number of nitrogens with one attached hydrogen (secondary N) is 3. The Balaban J connectivity index is 1.91. The lowest BCUT2D eigenvalue weighted by molar-refractivity contribution is 0.102. The number of hydrogen-bond donors (Lipinski definition) is 3. The van der Waals surface area contributed by atoms with Gasteiger partial charge in [0.2, 0.25) is 0 Å². The molecule has 0 bridgehead atoms. The van der Waals surface area contributed by atoms with E-state index < -0.39 is 0 Å². The molecule has 1 aliphatic heterocycles. The molecule has 102 valence electrons. The average Bonchev–Trinajstić information content (AvgIpc) is 2.48. The summed E-state index contributed by atoms with van der Waals surface area (Å²) in [5.41, 5.74) is 2.93. The molecule has 0 aliphatic carbocycles. The number of hydrogen-bond acceptors (Lipinski definition) is 3. The van der Waals surface area contributed by atoms with Crippen molar-refractivity contribution in [3.63, 3.8) is 0 Å². The number of carbonyl (C=O) groups is 1. The van der Waals surface area contributed by atoms with E-state index in [0.717, 1.165) is 30.8 Å². The van der Waals surface area contributed by atoms with Gasteiger partial charge < -0.3 is 15.6 Å². The van der Waals surface area contributed by atoms with Crippen molar-refractivity contribution < 1.29 is 4.79 Å². The van der Waals surface area contributed by atoms with Gasteiger partial charge in [0.05, 0.1) is 0 Å². The predicted octanol–water partition coefficient (Wildman–Crippen LogP) is 1.27. The van der Waals surface area contributed by atoms with Crippen LogP contribution in [0.3, 0.4) is 0 Å². The maximum absolute atomic E-state index is 12.2. The van der Waals surface area contributed by atoms with E-state index in [1.165, 1.54) is 24.0 Å². The van der Waals surface area contributed by atoms with Gasteiger partial charge in [-0.3, -0.25) is 9.59 Å². The van der Waals surface area contributed by atoms with Crippen LogP contribution in [0.25, 0.3) is 0 Å². The molecule has 0 fully saturated rings. The molecule has 2 heterocycles. The van der Waals surface area contributed by atoms with Crippen LogP contribution in [0.1, 0.15) is 21.5 Å². The van der Waals surface area contributed by atoms with E-state index in [-0.39, 0.29) is 16.9 Å². The summed E-state index contributed by atoms with van der Waals surface area (Å²) in [5.74, 6) is -0.383. The van der Waals surface area contributed by atoms with Gasteiger partial charge in [-0.1, -0.05) is 12.1 Å². The number of aromatic amines is 1. The lowest BCUT2D eigenvalue weighted by Gasteiger charge is -2.20. The number of H-pyrrole nitrogens is 1. The van der Waals surface area contributed by atoms with E-state index in [4.69, 9.17) is 0 Å². The van der Waals surface area contributed by atoms with Crippen molar-refractivity contribution in [1.29, 1.82) is 0 Å². The number of fused-ring (bicyclic) bond motifs is 1. The summed E-state index contributed by atoms with van der Waals surface area (Å²) in [6, 6.07) is 7.20. The minimum atomic E-state index is -0.383. The first-order valence-corrected chi connectivity index (χ1v) is 6.55. The van der Waals surface area contributed by atoms with Gasteiger partial charge in [0.1, 0.15) is 5.56 Å². The molecule has 1 aromatic carbocycles. The molecule has 0 atom stereocenters. The van der Waals surface area contributed by atoms with Crippen LogP contribution in [0.4, 0.5) is 5.69 Å². The van der Waals surface area contributed by atoms with Crippen molar-refractivity contribution in [2.45, 2.75) is 13.0 Å². The lowest BCUT2D eigenvalue weighted by atomic mass is 9.99. The van der Waals surface area contributed by atoms with E-state index in [1.54, 1.807) is 0 Å². The molecule has 0 saturated heterocycles. The summed E-state index contributed by atoms with van der Waals surface area (Å²) in [5, 5.41) is 6.11. The van der Waals surface area contributed by atoms with Crippen LogP contribution in [0.15, 0.2) is 41.5 Å². The number of rotatable bonds is 2. The van der Waals surface area contributed by atoms with Crippen molar-refractivity contribution in [1.82, 2.24) is 10.3 Å². The second-order valence-electron chi connectivity index (χ2n) is 4.75. The minimum Gasteiger partial charge on any atom is -0.367 e. The number of aromatic nitrogens is 1. The first kappa shape index (κ1) is 12.6. The summed E-state index contributed by atoms with van der Waals surface area (Å²) in [7, 11) is 0. The van der Waals surface area contributed by atoms with E-state index >= 15 is 0 Å². The lowest BCUT2D eigenvalue weighted by Crippen LogP contribution is -2.26. The highest BCUT2D eigenvalue weighted by Gasteiger charge is 2.15. The fourth-order valence-electron chi connectivity index (χ4n) is 2.41. The zero-order valence-corrected chi connectivity index (χ0v) is 10.9. The Kier molecular flexibility index (Phi) is 3.35. The Labute approximate surface area is 116 Å². The van der Waals surface area contributed by atoms with Gasteiger partial charge in [-0.15, -0.1) is 0 Å². The van der Waals surface area contributed by atoms with Crippen molar-refractivity contribution in [3.8, 4) is 0 Å². The zero-order chi connectivity index (χ0) is 13.9. The third-order valence-corrected chi connectivity index (χ3v) is 3.46. The number of amides is 1. The Bertz CT molecular complexity index is 706. The molecule has 3 rings (SSSR count). The van der Waals surface area contributed by atoms with Gasteiger partial charge in [0, 0.05) is 30.7 Å². The molecule has 0 radical (unpaired) electrons. The number of benzene rings is 1. The fraction of sp³-hybridized carbons (Fsp3) is 0.200. The number of carbonyl (C=O) groups excluding carboxylic acids is 1. The Morgan fingerprint density at radius 1 is 1.25 bits per heavy atom. The smallest absolute Gasteiger partial charge is 0.261 e. The monoisotopic (exact) mass is 269 g/mol. The van der Waals surface area contributed by atoms with Gasteiger partial charge in [0.25, 0.3) is 5.91 Å². The minimum absolute atomic E-state index is 0.119. The first-order valence-electron chi connectivity index (χ1n) is 6.55. The van der Waals surface area contributed by atoms with Crippen molar-refractivity contribution in [3.05, 3.63) is 63.6 Å². The second kappa shape index (κ2) is 5.30. The van der Waals surface area contributed by atoms with Gasteiger partial charge in [-0.05, 0) is 30.2 Å². The van der Waals surface area contributed by atoms with Gasteiger partial charge in [0.15, 0.2) is 5.43 Å². The number of anilines is 1. The van der Waals surface area contributed by atoms with Crippen molar-refractivity contribution in [2.24, 2.45) is 0 Å². The molecule has 5 heteroatoms. The molecule has 1 aliphatic rings. The van der Waals surface area contributed by atoms with Crippen LogP contribution in [-0.4, -0.2) is 17.4 Å². The third kappa shape index (κ3) is 2.35. The van der Waals surface area contributed by atoms with Crippen LogP contribution >= 0.6 is 0 Å². The molecule has 3 N–H and O–H groups in total. The largest absolute Gasteiger partial charge is 0.367 e. The van der Waals surface area contributed by atoms with Crippen LogP contribution < -0.4 is 16.1 Å². The van der Waals surface area contributed by atoms with Crippen molar-refractivity contribution >= 4 is 11.6 Å². The van der Waals surface area contributed by atoms with E-state index in [0.29, 0.717) is 0 Å². The highest BCUT2D eigenvalue weighted by atomic mass is 16.2. The molecule has 1 aromatic heterocycles. The number of pyridine rings is 1. The zero-order valence-electron chi connectivity index (χ0n) is 10.9.